The maximum Gasteiger partial charge on any atom is 0.127 e. The third-order valence-electron chi connectivity index (χ3n) is 3.87. The van der Waals surface area contributed by atoms with Gasteiger partial charge in [-0.05, 0) is 32.3 Å². The molecule has 2 rings (SSSR count). The zero-order valence-electron chi connectivity index (χ0n) is 12.0. The fraction of sp³-hybridized carbons (Fsp3) is 0.600. The van der Waals surface area contributed by atoms with Crippen LogP contribution in [0.4, 0.5) is 0 Å². The predicted molar refractivity (Wildman–Crippen MR) is 76.7 cm³/mol. The minimum atomic E-state index is 0.246. The van der Waals surface area contributed by atoms with E-state index in [2.05, 4.69) is 18.3 Å². The van der Waals surface area contributed by atoms with Crippen LogP contribution in [0.2, 0.25) is 0 Å². The largest absolute Gasteiger partial charge is 0.497 e. The van der Waals surface area contributed by atoms with Gasteiger partial charge in [-0.15, -0.1) is 0 Å². The third kappa shape index (κ3) is 3.39. The van der Waals surface area contributed by atoms with Gasteiger partial charge in [0.15, 0.2) is 0 Å². The summed E-state index contributed by atoms with van der Waals surface area (Å²) in [6.45, 7) is 2.16. The quantitative estimate of drug-likeness (QED) is 0.856. The Morgan fingerprint density at radius 3 is 2.63 bits per heavy atom. The summed E-state index contributed by atoms with van der Waals surface area (Å²) in [5.74, 6) is 1.68. The van der Waals surface area contributed by atoms with Crippen LogP contribution >= 0.6 is 0 Å². The topological polar surface area (TPSA) is 56.5 Å². The average molecular weight is 264 g/mol. The first kappa shape index (κ1) is 14.2. The molecule has 0 heterocycles. The maximum absolute atomic E-state index is 5.95. The summed E-state index contributed by atoms with van der Waals surface area (Å²) >= 11 is 0. The van der Waals surface area contributed by atoms with Crippen LogP contribution in [-0.4, -0.2) is 26.3 Å². The first-order valence-corrected chi connectivity index (χ1v) is 6.87. The lowest BCUT2D eigenvalue weighted by Gasteiger charge is -2.22. The van der Waals surface area contributed by atoms with E-state index in [4.69, 9.17) is 15.2 Å². The molecular weight excluding hydrogens is 240 g/mol. The number of nitrogens with two attached hydrogens (primary N) is 1. The maximum atomic E-state index is 5.95. The van der Waals surface area contributed by atoms with Crippen LogP contribution < -0.4 is 20.5 Å². The Balaban J connectivity index is 2.07. The molecule has 1 aliphatic rings. The van der Waals surface area contributed by atoms with Crippen molar-refractivity contribution in [3.05, 3.63) is 23.8 Å². The molecule has 4 nitrogen and oxygen atoms in total. The van der Waals surface area contributed by atoms with Gasteiger partial charge in [-0.25, -0.2) is 0 Å². The molecule has 1 aromatic rings. The number of nitrogens with one attached hydrogen (secondary N) is 1. The smallest absolute Gasteiger partial charge is 0.127 e. The van der Waals surface area contributed by atoms with E-state index >= 15 is 0 Å². The molecule has 0 radical (unpaired) electrons. The Morgan fingerprint density at radius 2 is 2.05 bits per heavy atom. The van der Waals surface area contributed by atoms with Crippen molar-refractivity contribution >= 4 is 0 Å². The Hall–Kier alpha value is -1.26. The van der Waals surface area contributed by atoms with E-state index in [0.29, 0.717) is 12.1 Å². The van der Waals surface area contributed by atoms with Crippen molar-refractivity contribution in [3.8, 4) is 11.5 Å². The normalized spacial score (nSPS) is 24.2. The van der Waals surface area contributed by atoms with Gasteiger partial charge in [0, 0.05) is 29.8 Å². The Labute approximate surface area is 115 Å². The lowest BCUT2D eigenvalue weighted by molar-refractivity contribution is 0.380. The molecule has 0 aliphatic heterocycles. The second-order valence-electron chi connectivity index (χ2n) is 5.27. The van der Waals surface area contributed by atoms with Crippen molar-refractivity contribution in [1.29, 1.82) is 0 Å². The highest BCUT2D eigenvalue weighted by atomic mass is 16.5. The van der Waals surface area contributed by atoms with Crippen molar-refractivity contribution in [2.75, 3.05) is 14.2 Å². The van der Waals surface area contributed by atoms with E-state index in [1.807, 2.05) is 12.1 Å². The van der Waals surface area contributed by atoms with E-state index < -0.39 is 0 Å². The molecule has 3 atom stereocenters. The summed E-state index contributed by atoms with van der Waals surface area (Å²) in [5.41, 5.74) is 7.11. The van der Waals surface area contributed by atoms with Gasteiger partial charge in [0.05, 0.1) is 14.2 Å². The SMILES string of the molecule is COc1ccc(C(C)NC2CCC(N)C2)c(OC)c1. The number of ether oxygens (including phenoxy) is 2. The molecule has 3 N–H and O–H groups in total. The van der Waals surface area contributed by atoms with Gasteiger partial charge in [0.1, 0.15) is 11.5 Å². The zero-order valence-corrected chi connectivity index (χ0v) is 12.0. The van der Waals surface area contributed by atoms with Crippen LogP contribution in [0.5, 0.6) is 11.5 Å². The second-order valence-corrected chi connectivity index (χ2v) is 5.27. The molecule has 1 saturated carbocycles. The Bertz CT molecular complexity index is 423. The van der Waals surface area contributed by atoms with Gasteiger partial charge >= 0.3 is 0 Å². The highest BCUT2D eigenvalue weighted by molar-refractivity contribution is 5.42. The molecular formula is C15H24N2O2. The van der Waals surface area contributed by atoms with Gasteiger partial charge in [-0.3, -0.25) is 0 Å². The number of methoxy groups -OCH3 is 2. The standard InChI is InChI=1S/C15H24N2O2/c1-10(17-12-5-4-11(16)8-12)14-7-6-13(18-2)9-15(14)19-3/h6-7,9-12,17H,4-5,8,16H2,1-3H3. The summed E-state index contributed by atoms with van der Waals surface area (Å²) in [5, 5.41) is 3.64. The van der Waals surface area contributed by atoms with Crippen LogP contribution in [0, 0.1) is 0 Å². The molecule has 0 aromatic heterocycles. The molecule has 0 bridgehead atoms. The molecule has 3 unspecified atom stereocenters. The fourth-order valence-corrected chi connectivity index (χ4v) is 2.79. The number of hydrogen-bond acceptors (Lipinski definition) is 4. The molecule has 19 heavy (non-hydrogen) atoms. The van der Waals surface area contributed by atoms with Crippen LogP contribution in [0.25, 0.3) is 0 Å². The van der Waals surface area contributed by atoms with E-state index in [-0.39, 0.29) is 6.04 Å². The van der Waals surface area contributed by atoms with E-state index in [9.17, 15) is 0 Å². The monoisotopic (exact) mass is 264 g/mol. The Kier molecular flexibility index (Phi) is 4.66. The summed E-state index contributed by atoms with van der Waals surface area (Å²) in [6, 6.07) is 7.06. The lowest BCUT2D eigenvalue weighted by atomic mass is 10.1. The number of benzene rings is 1. The van der Waals surface area contributed by atoms with Crippen LogP contribution in [0.3, 0.4) is 0 Å². The third-order valence-corrected chi connectivity index (χ3v) is 3.87. The molecule has 0 spiro atoms. The van der Waals surface area contributed by atoms with Crippen molar-refractivity contribution < 1.29 is 9.47 Å². The van der Waals surface area contributed by atoms with Gasteiger partial charge in [0.2, 0.25) is 0 Å². The predicted octanol–water partition coefficient (Wildman–Crippen LogP) is 2.23. The van der Waals surface area contributed by atoms with Gasteiger partial charge in [-0.2, -0.15) is 0 Å². The summed E-state index contributed by atoms with van der Waals surface area (Å²) < 4.78 is 10.7. The number of hydrogen-bond donors (Lipinski definition) is 2. The fourth-order valence-electron chi connectivity index (χ4n) is 2.79. The molecule has 0 amide bonds. The molecule has 4 heteroatoms. The Morgan fingerprint density at radius 1 is 1.26 bits per heavy atom. The summed E-state index contributed by atoms with van der Waals surface area (Å²) in [4.78, 5) is 0. The van der Waals surface area contributed by atoms with Crippen molar-refractivity contribution in [1.82, 2.24) is 5.32 Å². The first-order chi connectivity index (χ1) is 9.13. The lowest BCUT2D eigenvalue weighted by Crippen LogP contribution is -2.31. The molecule has 1 fully saturated rings. The minimum absolute atomic E-state index is 0.246. The van der Waals surface area contributed by atoms with E-state index in [1.54, 1.807) is 14.2 Å². The zero-order chi connectivity index (χ0) is 13.8. The second kappa shape index (κ2) is 6.26. The van der Waals surface area contributed by atoms with Gasteiger partial charge in [0.25, 0.3) is 0 Å². The summed E-state index contributed by atoms with van der Waals surface area (Å²) in [7, 11) is 3.35. The first-order valence-electron chi connectivity index (χ1n) is 6.87. The van der Waals surface area contributed by atoms with Crippen molar-refractivity contribution in [3.63, 3.8) is 0 Å². The van der Waals surface area contributed by atoms with Crippen LogP contribution in [0.15, 0.2) is 18.2 Å². The van der Waals surface area contributed by atoms with E-state index in [1.165, 1.54) is 0 Å². The molecule has 106 valence electrons. The molecule has 1 aliphatic carbocycles. The minimum Gasteiger partial charge on any atom is -0.497 e. The highest BCUT2D eigenvalue weighted by Gasteiger charge is 2.24. The van der Waals surface area contributed by atoms with Gasteiger partial charge < -0.3 is 20.5 Å². The van der Waals surface area contributed by atoms with E-state index in [0.717, 1.165) is 36.3 Å². The summed E-state index contributed by atoms with van der Waals surface area (Å²) in [6.07, 6.45) is 3.33. The van der Waals surface area contributed by atoms with Crippen LogP contribution in [-0.2, 0) is 0 Å². The molecule has 0 saturated heterocycles. The van der Waals surface area contributed by atoms with Crippen molar-refractivity contribution in [2.24, 2.45) is 5.73 Å². The molecule has 1 aromatic carbocycles. The van der Waals surface area contributed by atoms with Crippen molar-refractivity contribution in [2.45, 2.75) is 44.3 Å². The highest BCUT2D eigenvalue weighted by Crippen LogP contribution is 2.30. The number of rotatable bonds is 5. The van der Waals surface area contributed by atoms with Crippen LogP contribution in [0.1, 0.15) is 37.8 Å². The average Bonchev–Trinajstić information content (AvgIpc) is 2.83. The van der Waals surface area contributed by atoms with Gasteiger partial charge in [-0.1, -0.05) is 6.07 Å².